The molecule has 13 heavy (non-hydrogen) atoms. The molecule has 0 radical (unpaired) electrons. The molecule has 0 spiro atoms. The van der Waals surface area contributed by atoms with Crippen LogP contribution in [0, 0.1) is 5.41 Å². The zero-order valence-electron chi connectivity index (χ0n) is 8.71. The summed E-state index contributed by atoms with van der Waals surface area (Å²) in [6.45, 7) is 6.68. The molecule has 1 atom stereocenters. The number of thiophene rings is 1. The standard InChI is InChI=1S/C11H19NS/c1-4-11(2,3)10(12)7-9-5-6-13-8-9/h5-6,8,10H,4,7,12H2,1-3H3. The lowest BCUT2D eigenvalue weighted by Gasteiger charge is -2.30. The van der Waals surface area contributed by atoms with Gasteiger partial charge in [0.25, 0.3) is 0 Å². The summed E-state index contributed by atoms with van der Waals surface area (Å²) in [4.78, 5) is 0. The minimum absolute atomic E-state index is 0.252. The Morgan fingerprint density at radius 3 is 2.69 bits per heavy atom. The van der Waals surface area contributed by atoms with Gasteiger partial charge in [-0.3, -0.25) is 0 Å². The van der Waals surface area contributed by atoms with Crippen LogP contribution in [0.15, 0.2) is 16.8 Å². The van der Waals surface area contributed by atoms with E-state index in [9.17, 15) is 0 Å². The summed E-state index contributed by atoms with van der Waals surface area (Å²) >= 11 is 1.74. The average Bonchev–Trinajstić information content (AvgIpc) is 2.57. The molecular weight excluding hydrogens is 178 g/mol. The van der Waals surface area contributed by atoms with E-state index in [1.54, 1.807) is 11.3 Å². The van der Waals surface area contributed by atoms with E-state index in [2.05, 4.69) is 37.6 Å². The summed E-state index contributed by atoms with van der Waals surface area (Å²) in [5.74, 6) is 0. The molecule has 0 bridgehead atoms. The Morgan fingerprint density at radius 1 is 1.54 bits per heavy atom. The lowest BCUT2D eigenvalue weighted by molar-refractivity contribution is 0.273. The molecule has 0 fully saturated rings. The lowest BCUT2D eigenvalue weighted by atomic mass is 9.80. The van der Waals surface area contributed by atoms with Crippen LogP contribution in [0.2, 0.25) is 0 Å². The van der Waals surface area contributed by atoms with Crippen LogP contribution in [0.1, 0.15) is 32.8 Å². The van der Waals surface area contributed by atoms with E-state index < -0.39 is 0 Å². The van der Waals surface area contributed by atoms with Crippen LogP contribution in [0.5, 0.6) is 0 Å². The third kappa shape index (κ3) is 2.82. The van der Waals surface area contributed by atoms with E-state index in [-0.39, 0.29) is 11.5 Å². The van der Waals surface area contributed by atoms with E-state index in [1.807, 2.05) is 0 Å². The Hall–Kier alpha value is -0.340. The molecule has 1 unspecified atom stereocenters. The van der Waals surface area contributed by atoms with Gasteiger partial charge in [0.05, 0.1) is 0 Å². The second-order valence-electron chi connectivity index (χ2n) is 4.28. The molecule has 1 aromatic rings. The Bertz CT molecular complexity index is 239. The fourth-order valence-electron chi connectivity index (χ4n) is 1.20. The highest BCUT2D eigenvalue weighted by molar-refractivity contribution is 7.07. The molecule has 0 saturated carbocycles. The first-order chi connectivity index (χ1) is 6.06. The second-order valence-corrected chi connectivity index (χ2v) is 5.06. The van der Waals surface area contributed by atoms with Crippen LogP contribution in [0.25, 0.3) is 0 Å². The zero-order valence-corrected chi connectivity index (χ0v) is 9.53. The van der Waals surface area contributed by atoms with Gasteiger partial charge >= 0.3 is 0 Å². The molecule has 1 nitrogen and oxygen atoms in total. The molecule has 0 aromatic carbocycles. The third-order valence-electron chi connectivity index (χ3n) is 2.95. The zero-order chi connectivity index (χ0) is 9.90. The van der Waals surface area contributed by atoms with Crippen molar-refractivity contribution in [2.24, 2.45) is 11.1 Å². The van der Waals surface area contributed by atoms with Gasteiger partial charge in [0.15, 0.2) is 0 Å². The van der Waals surface area contributed by atoms with E-state index in [1.165, 1.54) is 5.56 Å². The Balaban J connectivity index is 2.55. The fourth-order valence-corrected chi connectivity index (χ4v) is 1.88. The van der Waals surface area contributed by atoms with Crippen LogP contribution in [-0.2, 0) is 6.42 Å². The van der Waals surface area contributed by atoms with Crippen molar-refractivity contribution in [3.63, 3.8) is 0 Å². The maximum Gasteiger partial charge on any atom is 0.0131 e. The highest BCUT2D eigenvalue weighted by Crippen LogP contribution is 2.26. The topological polar surface area (TPSA) is 26.0 Å². The van der Waals surface area contributed by atoms with Crippen LogP contribution in [0.3, 0.4) is 0 Å². The first kappa shape index (κ1) is 10.7. The average molecular weight is 197 g/mol. The maximum absolute atomic E-state index is 6.16. The molecule has 0 aliphatic rings. The number of nitrogens with two attached hydrogens (primary N) is 1. The maximum atomic E-state index is 6.16. The number of hydrogen-bond donors (Lipinski definition) is 1. The molecule has 0 aliphatic heterocycles. The normalized spacial score (nSPS) is 14.5. The molecule has 1 heterocycles. The molecule has 0 aliphatic carbocycles. The number of hydrogen-bond acceptors (Lipinski definition) is 2. The first-order valence-electron chi connectivity index (χ1n) is 4.83. The SMILES string of the molecule is CCC(C)(C)C(N)Cc1ccsc1. The first-order valence-corrected chi connectivity index (χ1v) is 5.77. The van der Waals surface area contributed by atoms with E-state index in [0.717, 1.165) is 12.8 Å². The van der Waals surface area contributed by atoms with Crippen LogP contribution < -0.4 is 5.73 Å². The van der Waals surface area contributed by atoms with Crippen LogP contribution in [-0.4, -0.2) is 6.04 Å². The summed E-state index contributed by atoms with van der Waals surface area (Å²) in [6.07, 6.45) is 2.14. The molecule has 0 saturated heterocycles. The van der Waals surface area contributed by atoms with Crippen molar-refractivity contribution in [3.8, 4) is 0 Å². The molecular formula is C11H19NS. The largest absolute Gasteiger partial charge is 0.327 e. The summed E-state index contributed by atoms with van der Waals surface area (Å²) in [7, 11) is 0. The third-order valence-corrected chi connectivity index (χ3v) is 3.68. The van der Waals surface area contributed by atoms with E-state index in [4.69, 9.17) is 5.73 Å². The van der Waals surface area contributed by atoms with Crippen molar-refractivity contribution in [1.29, 1.82) is 0 Å². The van der Waals surface area contributed by atoms with Gasteiger partial charge in [-0.05, 0) is 40.6 Å². The predicted molar refractivity (Wildman–Crippen MR) is 60.1 cm³/mol. The van der Waals surface area contributed by atoms with Gasteiger partial charge in [-0.2, -0.15) is 11.3 Å². The van der Waals surface area contributed by atoms with Crippen molar-refractivity contribution in [1.82, 2.24) is 0 Å². The van der Waals surface area contributed by atoms with Crippen molar-refractivity contribution in [2.75, 3.05) is 0 Å². The van der Waals surface area contributed by atoms with Crippen LogP contribution >= 0.6 is 11.3 Å². The van der Waals surface area contributed by atoms with Crippen molar-refractivity contribution < 1.29 is 0 Å². The van der Waals surface area contributed by atoms with Gasteiger partial charge in [0.2, 0.25) is 0 Å². The van der Waals surface area contributed by atoms with E-state index >= 15 is 0 Å². The van der Waals surface area contributed by atoms with Gasteiger partial charge in [-0.15, -0.1) is 0 Å². The van der Waals surface area contributed by atoms with Gasteiger partial charge < -0.3 is 5.73 Å². The molecule has 2 N–H and O–H groups in total. The number of rotatable bonds is 4. The molecule has 0 amide bonds. The summed E-state index contributed by atoms with van der Waals surface area (Å²) < 4.78 is 0. The summed E-state index contributed by atoms with van der Waals surface area (Å²) in [6, 6.07) is 2.43. The highest BCUT2D eigenvalue weighted by Gasteiger charge is 2.24. The second kappa shape index (κ2) is 4.25. The molecule has 1 aromatic heterocycles. The van der Waals surface area contributed by atoms with Gasteiger partial charge in [0, 0.05) is 6.04 Å². The Kier molecular flexibility index (Phi) is 3.51. The fraction of sp³-hybridized carbons (Fsp3) is 0.636. The highest BCUT2D eigenvalue weighted by atomic mass is 32.1. The monoisotopic (exact) mass is 197 g/mol. The van der Waals surface area contributed by atoms with Crippen molar-refractivity contribution >= 4 is 11.3 Å². The van der Waals surface area contributed by atoms with Crippen molar-refractivity contribution in [3.05, 3.63) is 22.4 Å². The minimum atomic E-state index is 0.252. The lowest BCUT2D eigenvalue weighted by Crippen LogP contribution is -2.38. The molecule has 2 heteroatoms. The van der Waals surface area contributed by atoms with Gasteiger partial charge in [-0.1, -0.05) is 20.8 Å². The summed E-state index contributed by atoms with van der Waals surface area (Å²) in [5.41, 5.74) is 7.78. The smallest absolute Gasteiger partial charge is 0.0131 e. The Labute approximate surface area is 85.0 Å². The Morgan fingerprint density at radius 2 is 2.23 bits per heavy atom. The minimum Gasteiger partial charge on any atom is -0.327 e. The molecule has 74 valence electrons. The van der Waals surface area contributed by atoms with E-state index in [0.29, 0.717) is 0 Å². The predicted octanol–water partition coefficient (Wildman–Crippen LogP) is 3.05. The quantitative estimate of drug-likeness (QED) is 0.789. The molecule has 1 rings (SSSR count). The van der Waals surface area contributed by atoms with Crippen molar-refractivity contribution in [2.45, 2.75) is 39.7 Å². The van der Waals surface area contributed by atoms with Crippen LogP contribution in [0.4, 0.5) is 0 Å². The van der Waals surface area contributed by atoms with Gasteiger partial charge in [0.1, 0.15) is 0 Å². The summed E-state index contributed by atoms with van der Waals surface area (Å²) in [5, 5.41) is 4.30. The van der Waals surface area contributed by atoms with Gasteiger partial charge in [-0.25, -0.2) is 0 Å².